The summed E-state index contributed by atoms with van der Waals surface area (Å²) in [6.45, 7) is 2.08. The van der Waals surface area contributed by atoms with E-state index in [-0.39, 0.29) is 11.7 Å². The van der Waals surface area contributed by atoms with Gasteiger partial charge in [-0.05, 0) is 48.9 Å². The Morgan fingerprint density at radius 1 is 1.15 bits per heavy atom. The van der Waals surface area contributed by atoms with Crippen LogP contribution in [0.1, 0.15) is 16.7 Å². The van der Waals surface area contributed by atoms with Crippen LogP contribution < -0.4 is 0 Å². The minimum Gasteiger partial charge on any atom is -0.207 e. The smallest absolute Gasteiger partial charge is 0.127 e. The second-order valence-electron chi connectivity index (χ2n) is 5.15. The Morgan fingerprint density at radius 3 is 2.60 bits per heavy atom. The number of halogens is 3. The van der Waals surface area contributed by atoms with Crippen molar-refractivity contribution in [3.63, 3.8) is 0 Å². The second-order valence-corrected chi connectivity index (χ2v) is 6.38. The van der Waals surface area contributed by atoms with Crippen LogP contribution in [0.3, 0.4) is 0 Å². The maximum atomic E-state index is 13.9. The predicted molar refractivity (Wildman–Crippen MR) is 86.9 cm³/mol. The Kier molecular flexibility index (Phi) is 5.62. The third-order valence-electron chi connectivity index (χ3n) is 3.35. The van der Waals surface area contributed by atoms with Crippen LogP contribution in [-0.2, 0) is 12.8 Å². The SMILES string of the molecule is Cc1cccc(CC(CCl)Cc2ccc(Br)cc2F)c1. The van der Waals surface area contributed by atoms with Crippen molar-refractivity contribution in [2.45, 2.75) is 19.8 Å². The molecule has 0 aliphatic carbocycles. The van der Waals surface area contributed by atoms with Crippen molar-refractivity contribution in [1.82, 2.24) is 0 Å². The van der Waals surface area contributed by atoms with Crippen LogP contribution in [0.15, 0.2) is 46.9 Å². The molecule has 0 aromatic heterocycles. The number of aryl methyl sites for hydroxylation is 1. The highest BCUT2D eigenvalue weighted by atomic mass is 79.9. The second kappa shape index (κ2) is 7.24. The van der Waals surface area contributed by atoms with Gasteiger partial charge in [0.05, 0.1) is 0 Å². The molecule has 0 heterocycles. The molecule has 106 valence electrons. The maximum Gasteiger partial charge on any atom is 0.127 e. The van der Waals surface area contributed by atoms with Crippen LogP contribution in [0, 0.1) is 18.7 Å². The van der Waals surface area contributed by atoms with E-state index in [0.29, 0.717) is 12.3 Å². The first-order chi connectivity index (χ1) is 9.58. The van der Waals surface area contributed by atoms with Crippen LogP contribution in [0.25, 0.3) is 0 Å². The summed E-state index contributed by atoms with van der Waals surface area (Å²) in [7, 11) is 0. The number of hydrogen-bond acceptors (Lipinski definition) is 0. The van der Waals surface area contributed by atoms with Crippen LogP contribution in [0.4, 0.5) is 4.39 Å². The molecule has 0 nitrogen and oxygen atoms in total. The van der Waals surface area contributed by atoms with Gasteiger partial charge in [0.25, 0.3) is 0 Å². The first-order valence-electron chi connectivity index (χ1n) is 6.64. The van der Waals surface area contributed by atoms with Gasteiger partial charge >= 0.3 is 0 Å². The Morgan fingerprint density at radius 2 is 1.95 bits per heavy atom. The van der Waals surface area contributed by atoms with E-state index in [4.69, 9.17) is 11.6 Å². The molecule has 0 radical (unpaired) electrons. The van der Waals surface area contributed by atoms with Crippen molar-refractivity contribution in [3.8, 4) is 0 Å². The van der Waals surface area contributed by atoms with E-state index >= 15 is 0 Å². The Hall–Kier alpha value is -0.860. The number of rotatable bonds is 5. The van der Waals surface area contributed by atoms with Crippen molar-refractivity contribution < 1.29 is 4.39 Å². The van der Waals surface area contributed by atoms with Crippen molar-refractivity contribution in [2.24, 2.45) is 5.92 Å². The van der Waals surface area contributed by atoms with Gasteiger partial charge in [0.2, 0.25) is 0 Å². The molecule has 0 bridgehead atoms. The summed E-state index contributed by atoms with van der Waals surface area (Å²) in [6.07, 6.45) is 1.54. The standard InChI is InChI=1S/C17H17BrClF/c1-12-3-2-4-13(7-12)8-14(11-19)9-15-5-6-16(18)10-17(15)20/h2-7,10,14H,8-9,11H2,1H3. The van der Waals surface area contributed by atoms with Crippen molar-refractivity contribution in [2.75, 3.05) is 5.88 Å². The van der Waals surface area contributed by atoms with Crippen LogP contribution in [0.5, 0.6) is 0 Å². The molecule has 0 aliphatic rings. The highest BCUT2D eigenvalue weighted by molar-refractivity contribution is 9.10. The van der Waals surface area contributed by atoms with Gasteiger partial charge in [0.1, 0.15) is 5.82 Å². The van der Waals surface area contributed by atoms with Gasteiger partial charge in [0.15, 0.2) is 0 Å². The lowest BCUT2D eigenvalue weighted by Crippen LogP contribution is -2.11. The predicted octanol–water partition coefficient (Wildman–Crippen LogP) is 5.54. The summed E-state index contributed by atoms with van der Waals surface area (Å²) in [5.74, 6) is 0.608. The summed E-state index contributed by atoms with van der Waals surface area (Å²) < 4.78 is 14.6. The lowest BCUT2D eigenvalue weighted by atomic mass is 9.93. The molecule has 1 unspecified atom stereocenters. The Labute approximate surface area is 133 Å². The molecule has 0 fully saturated rings. The van der Waals surface area contributed by atoms with E-state index in [1.54, 1.807) is 0 Å². The molecule has 0 aliphatic heterocycles. The molecule has 20 heavy (non-hydrogen) atoms. The van der Waals surface area contributed by atoms with Gasteiger partial charge in [-0.3, -0.25) is 0 Å². The quantitative estimate of drug-likeness (QED) is 0.618. The molecule has 3 heteroatoms. The molecule has 2 aromatic rings. The molecule has 0 saturated carbocycles. The minimum absolute atomic E-state index is 0.168. The molecular weight excluding hydrogens is 339 g/mol. The van der Waals surface area contributed by atoms with Gasteiger partial charge in [-0.25, -0.2) is 4.39 Å². The Bertz CT molecular complexity index is 583. The molecule has 1 atom stereocenters. The third-order valence-corrected chi connectivity index (χ3v) is 4.28. The van der Waals surface area contributed by atoms with Crippen molar-refractivity contribution in [3.05, 3.63) is 69.4 Å². The summed E-state index contributed by atoms with van der Waals surface area (Å²) in [6, 6.07) is 13.6. The molecule has 2 aromatic carbocycles. The van der Waals surface area contributed by atoms with Crippen molar-refractivity contribution >= 4 is 27.5 Å². The fraction of sp³-hybridized carbons (Fsp3) is 0.294. The fourth-order valence-corrected chi connectivity index (χ4v) is 2.90. The first-order valence-corrected chi connectivity index (χ1v) is 7.96. The largest absolute Gasteiger partial charge is 0.207 e. The Balaban J connectivity index is 2.09. The summed E-state index contributed by atoms with van der Waals surface area (Å²) in [4.78, 5) is 0. The third kappa shape index (κ3) is 4.32. The van der Waals surface area contributed by atoms with E-state index in [9.17, 15) is 4.39 Å². The normalized spacial score (nSPS) is 12.4. The van der Waals surface area contributed by atoms with E-state index in [1.165, 1.54) is 17.2 Å². The van der Waals surface area contributed by atoms with E-state index in [1.807, 2.05) is 12.1 Å². The van der Waals surface area contributed by atoms with Gasteiger partial charge in [-0.2, -0.15) is 0 Å². The number of alkyl halides is 1. The molecular formula is C17H17BrClF. The fourth-order valence-electron chi connectivity index (χ4n) is 2.35. The zero-order valence-corrected chi connectivity index (χ0v) is 13.7. The zero-order chi connectivity index (χ0) is 14.5. The number of hydrogen-bond donors (Lipinski definition) is 0. The summed E-state index contributed by atoms with van der Waals surface area (Å²) >= 11 is 9.33. The van der Waals surface area contributed by atoms with Gasteiger partial charge in [0, 0.05) is 10.4 Å². The molecule has 0 N–H and O–H groups in total. The minimum atomic E-state index is -0.168. The van der Waals surface area contributed by atoms with E-state index in [2.05, 4.69) is 47.1 Å². The van der Waals surface area contributed by atoms with E-state index < -0.39 is 0 Å². The zero-order valence-electron chi connectivity index (χ0n) is 11.4. The number of benzene rings is 2. The highest BCUT2D eigenvalue weighted by Crippen LogP contribution is 2.21. The highest BCUT2D eigenvalue weighted by Gasteiger charge is 2.13. The molecule has 2 rings (SSSR count). The average Bonchev–Trinajstić information content (AvgIpc) is 2.41. The topological polar surface area (TPSA) is 0 Å². The van der Waals surface area contributed by atoms with Crippen LogP contribution in [0.2, 0.25) is 0 Å². The van der Waals surface area contributed by atoms with Gasteiger partial charge < -0.3 is 0 Å². The average molecular weight is 356 g/mol. The van der Waals surface area contributed by atoms with Gasteiger partial charge in [-0.1, -0.05) is 51.8 Å². The lowest BCUT2D eigenvalue weighted by molar-refractivity contribution is 0.546. The lowest BCUT2D eigenvalue weighted by Gasteiger charge is -2.15. The van der Waals surface area contributed by atoms with Gasteiger partial charge in [-0.15, -0.1) is 11.6 Å². The molecule has 0 saturated heterocycles. The van der Waals surface area contributed by atoms with Crippen LogP contribution >= 0.6 is 27.5 Å². The van der Waals surface area contributed by atoms with Crippen LogP contribution in [-0.4, -0.2) is 5.88 Å². The first kappa shape index (κ1) is 15.5. The maximum absolute atomic E-state index is 13.9. The molecule has 0 spiro atoms. The van der Waals surface area contributed by atoms with E-state index in [0.717, 1.165) is 16.5 Å². The van der Waals surface area contributed by atoms with Crippen molar-refractivity contribution in [1.29, 1.82) is 0 Å². The summed E-state index contributed by atoms with van der Waals surface area (Å²) in [5.41, 5.74) is 3.23. The summed E-state index contributed by atoms with van der Waals surface area (Å²) in [5, 5.41) is 0. The molecule has 0 amide bonds. The monoisotopic (exact) mass is 354 g/mol.